The Morgan fingerprint density at radius 1 is 1.42 bits per heavy atom. The molecule has 1 heterocycles. The molecule has 1 aromatic heterocycles. The fourth-order valence-electron chi connectivity index (χ4n) is 0.881. The van der Waals surface area contributed by atoms with Gasteiger partial charge in [0.25, 0.3) is 0 Å². The van der Waals surface area contributed by atoms with Crippen LogP contribution in [0.3, 0.4) is 0 Å². The van der Waals surface area contributed by atoms with Gasteiger partial charge in [-0.2, -0.15) is 0 Å². The molecule has 0 atom stereocenters. The van der Waals surface area contributed by atoms with Crippen LogP contribution in [0.2, 0.25) is 0 Å². The number of hydrogen-bond acceptors (Lipinski definition) is 3. The summed E-state index contributed by atoms with van der Waals surface area (Å²) in [5.41, 5.74) is 1.13. The zero-order valence-electron chi connectivity index (χ0n) is 7.16. The molecule has 12 heavy (non-hydrogen) atoms. The topological polar surface area (TPSA) is 42.9 Å². The Bertz CT molecular complexity index is 243. The smallest absolute Gasteiger partial charge is 0.128 e. The highest BCUT2D eigenvalue weighted by Crippen LogP contribution is 1.98. The summed E-state index contributed by atoms with van der Waals surface area (Å²) < 4.78 is 0. The predicted molar refractivity (Wildman–Crippen MR) is 45.8 cm³/mol. The van der Waals surface area contributed by atoms with Crippen molar-refractivity contribution < 1.29 is 4.79 Å². The second-order valence-electron chi connectivity index (χ2n) is 2.57. The van der Waals surface area contributed by atoms with E-state index in [0.717, 1.165) is 24.1 Å². The second kappa shape index (κ2) is 4.59. The lowest BCUT2D eigenvalue weighted by atomic mass is 10.2. The van der Waals surface area contributed by atoms with Crippen LogP contribution in [0.15, 0.2) is 12.4 Å². The first-order valence-corrected chi connectivity index (χ1v) is 4.10. The summed E-state index contributed by atoms with van der Waals surface area (Å²) in [5, 5.41) is 0. The molecular formula is C9H12N2O. The molecule has 0 amide bonds. The Hall–Kier alpha value is -1.25. The van der Waals surface area contributed by atoms with Crippen molar-refractivity contribution >= 4 is 6.29 Å². The van der Waals surface area contributed by atoms with Crippen LogP contribution in [0.1, 0.15) is 24.7 Å². The number of carbonyl (C=O) groups is 1. The standard InChI is InChI=1S/C9H12N2O/c1-2-8-6-10-9(11-7-8)4-3-5-12/h5-7H,2-4H2,1H3. The van der Waals surface area contributed by atoms with Crippen molar-refractivity contribution in [1.82, 2.24) is 9.97 Å². The number of aryl methyl sites for hydroxylation is 2. The fraction of sp³-hybridized carbons (Fsp3) is 0.444. The van der Waals surface area contributed by atoms with Gasteiger partial charge in [0.15, 0.2) is 0 Å². The van der Waals surface area contributed by atoms with Gasteiger partial charge in [0.05, 0.1) is 0 Å². The molecule has 0 aromatic carbocycles. The summed E-state index contributed by atoms with van der Waals surface area (Å²) in [6, 6.07) is 0. The summed E-state index contributed by atoms with van der Waals surface area (Å²) in [5.74, 6) is 0.749. The van der Waals surface area contributed by atoms with Gasteiger partial charge in [0.2, 0.25) is 0 Å². The first kappa shape index (κ1) is 8.84. The maximum Gasteiger partial charge on any atom is 0.128 e. The van der Waals surface area contributed by atoms with E-state index in [1.165, 1.54) is 0 Å². The summed E-state index contributed by atoms with van der Waals surface area (Å²) >= 11 is 0. The normalized spacial score (nSPS) is 9.75. The van der Waals surface area contributed by atoms with Crippen LogP contribution in [-0.2, 0) is 17.6 Å². The molecule has 1 aromatic rings. The van der Waals surface area contributed by atoms with Gasteiger partial charge >= 0.3 is 0 Å². The molecule has 64 valence electrons. The quantitative estimate of drug-likeness (QED) is 0.627. The maximum absolute atomic E-state index is 10.0. The Morgan fingerprint density at radius 2 is 2.08 bits per heavy atom. The average molecular weight is 164 g/mol. The predicted octanol–water partition coefficient (Wildman–Crippen LogP) is 1.17. The van der Waals surface area contributed by atoms with E-state index < -0.39 is 0 Å². The monoisotopic (exact) mass is 164 g/mol. The SMILES string of the molecule is CCc1cnc(CCC=O)nc1. The van der Waals surface area contributed by atoms with Crippen LogP contribution < -0.4 is 0 Å². The number of rotatable bonds is 4. The molecule has 1 rings (SSSR count). The van der Waals surface area contributed by atoms with Crippen molar-refractivity contribution in [2.24, 2.45) is 0 Å². The van der Waals surface area contributed by atoms with Crippen LogP contribution in [-0.4, -0.2) is 16.3 Å². The molecule has 0 aliphatic rings. The molecule has 0 saturated carbocycles. The molecule has 0 aliphatic heterocycles. The van der Waals surface area contributed by atoms with Crippen LogP contribution in [0.25, 0.3) is 0 Å². The molecule has 0 saturated heterocycles. The van der Waals surface area contributed by atoms with Gasteiger partial charge < -0.3 is 4.79 Å². The van der Waals surface area contributed by atoms with E-state index in [0.29, 0.717) is 12.8 Å². The van der Waals surface area contributed by atoms with Crippen molar-refractivity contribution in [3.8, 4) is 0 Å². The third-order valence-electron chi connectivity index (χ3n) is 1.65. The third kappa shape index (κ3) is 2.42. The van der Waals surface area contributed by atoms with E-state index in [1.54, 1.807) is 0 Å². The molecule has 0 spiro atoms. The minimum atomic E-state index is 0.505. The number of aromatic nitrogens is 2. The van der Waals surface area contributed by atoms with Gasteiger partial charge in [0.1, 0.15) is 12.1 Å². The minimum absolute atomic E-state index is 0.505. The lowest BCUT2D eigenvalue weighted by molar-refractivity contribution is -0.107. The molecule has 0 fully saturated rings. The van der Waals surface area contributed by atoms with Gasteiger partial charge in [-0.05, 0) is 12.0 Å². The fourth-order valence-corrected chi connectivity index (χ4v) is 0.881. The van der Waals surface area contributed by atoms with Gasteiger partial charge in [0, 0.05) is 25.2 Å². The van der Waals surface area contributed by atoms with Crippen molar-refractivity contribution in [3.05, 3.63) is 23.8 Å². The molecule has 0 unspecified atom stereocenters. The molecule has 3 nitrogen and oxygen atoms in total. The van der Waals surface area contributed by atoms with Gasteiger partial charge in [-0.15, -0.1) is 0 Å². The maximum atomic E-state index is 10.0. The van der Waals surface area contributed by atoms with Gasteiger partial charge in [-0.25, -0.2) is 9.97 Å². The molecule has 0 N–H and O–H groups in total. The van der Waals surface area contributed by atoms with Crippen LogP contribution in [0.4, 0.5) is 0 Å². The summed E-state index contributed by atoms with van der Waals surface area (Å²) in [6.07, 6.45) is 6.62. The second-order valence-corrected chi connectivity index (χ2v) is 2.57. The largest absolute Gasteiger partial charge is 0.303 e. The summed E-state index contributed by atoms with van der Waals surface area (Å²) in [6.45, 7) is 2.06. The summed E-state index contributed by atoms with van der Waals surface area (Å²) in [7, 11) is 0. The zero-order valence-corrected chi connectivity index (χ0v) is 7.16. The molecular weight excluding hydrogens is 152 g/mol. The highest BCUT2D eigenvalue weighted by atomic mass is 16.1. The van der Waals surface area contributed by atoms with E-state index in [1.807, 2.05) is 12.4 Å². The van der Waals surface area contributed by atoms with Crippen molar-refractivity contribution in [2.75, 3.05) is 0 Å². The Labute approximate surface area is 71.9 Å². The van der Waals surface area contributed by atoms with Gasteiger partial charge in [-0.1, -0.05) is 6.92 Å². The Morgan fingerprint density at radius 3 is 2.58 bits per heavy atom. The molecule has 3 heteroatoms. The van der Waals surface area contributed by atoms with E-state index in [2.05, 4.69) is 16.9 Å². The van der Waals surface area contributed by atoms with E-state index in [4.69, 9.17) is 0 Å². The zero-order chi connectivity index (χ0) is 8.81. The van der Waals surface area contributed by atoms with Crippen molar-refractivity contribution in [3.63, 3.8) is 0 Å². The van der Waals surface area contributed by atoms with Crippen LogP contribution >= 0.6 is 0 Å². The highest BCUT2D eigenvalue weighted by molar-refractivity contribution is 5.49. The Kier molecular flexibility index (Phi) is 3.38. The van der Waals surface area contributed by atoms with Gasteiger partial charge in [-0.3, -0.25) is 0 Å². The number of aldehydes is 1. The van der Waals surface area contributed by atoms with E-state index in [-0.39, 0.29) is 0 Å². The van der Waals surface area contributed by atoms with E-state index in [9.17, 15) is 4.79 Å². The van der Waals surface area contributed by atoms with E-state index >= 15 is 0 Å². The number of carbonyl (C=O) groups excluding carboxylic acids is 1. The lowest BCUT2D eigenvalue weighted by Crippen LogP contribution is -1.96. The third-order valence-corrected chi connectivity index (χ3v) is 1.65. The molecule has 0 radical (unpaired) electrons. The average Bonchev–Trinajstić information content (AvgIpc) is 2.15. The lowest BCUT2D eigenvalue weighted by Gasteiger charge is -1.97. The highest BCUT2D eigenvalue weighted by Gasteiger charge is 1.95. The molecule has 0 bridgehead atoms. The molecule has 0 aliphatic carbocycles. The van der Waals surface area contributed by atoms with Crippen LogP contribution in [0, 0.1) is 0 Å². The number of hydrogen-bond donors (Lipinski definition) is 0. The first-order valence-electron chi connectivity index (χ1n) is 4.10. The Balaban J connectivity index is 2.58. The van der Waals surface area contributed by atoms with Crippen molar-refractivity contribution in [2.45, 2.75) is 26.2 Å². The first-order chi connectivity index (χ1) is 5.86. The van der Waals surface area contributed by atoms with Crippen molar-refractivity contribution in [1.29, 1.82) is 0 Å². The minimum Gasteiger partial charge on any atom is -0.303 e. The number of nitrogens with zero attached hydrogens (tertiary/aromatic N) is 2. The van der Waals surface area contributed by atoms with Crippen LogP contribution in [0.5, 0.6) is 0 Å². The summed E-state index contributed by atoms with van der Waals surface area (Å²) in [4.78, 5) is 18.3.